The summed E-state index contributed by atoms with van der Waals surface area (Å²) in [5.74, 6) is 0.225. The van der Waals surface area contributed by atoms with Crippen molar-refractivity contribution in [2.75, 3.05) is 0 Å². The van der Waals surface area contributed by atoms with Gasteiger partial charge in [-0.3, -0.25) is 0 Å². The van der Waals surface area contributed by atoms with Gasteiger partial charge in [-0.1, -0.05) is 28.1 Å². The van der Waals surface area contributed by atoms with Crippen molar-refractivity contribution in [3.05, 3.63) is 63.9 Å². The van der Waals surface area contributed by atoms with Crippen LogP contribution in [-0.2, 0) is 0 Å². The fraction of sp³-hybridized carbons (Fsp3) is 0.250. The molecule has 1 N–H and O–H groups in total. The van der Waals surface area contributed by atoms with Crippen molar-refractivity contribution in [3.8, 4) is 5.75 Å². The smallest absolute Gasteiger partial charge is 0.129 e. The number of benzene rings is 2. The number of rotatable bonds is 4. The Morgan fingerprint density at radius 2 is 1.90 bits per heavy atom. The monoisotopic (exact) mass is 338 g/mol. The summed E-state index contributed by atoms with van der Waals surface area (Å²) in [6.45, 7) is 3.86. The maximum atomic E-state index is 13.8. The number of aliphatic hydroxyl groups excluding tert-OH is 1. The Morgan fingerprint density at radius 1 is 1.15 bits per heavy atom. The van der Waals surface area contributed by atoms with Gasteiger partial charge < -0.3 is 9.84 Å². The molecule has 1 atom stereocenters. The Bertz CT molecular complexity index is 599. The summed E-state index contributed by atoms with van der Waals surface area (Å²) in [4.78, 5) is 0. The number of hydrogen-bond acceptors (Lipinski definition) is 2. The quantitative estimate of drug-likeness (QED) is 0.891. The Kier molecular flexibility index (Phi) is 4.78. The maximum Gasteiger partial charge on any atom is 0.129 e. The molecule has 20 heavy (non-hydrogen) atoms. The van der Waals surface area contributed by atoms with Gasteiger partial charge in [-0.15, -0.1) is 0 Å². The van der Waals surface area contributed by atoms with E-state index in [0.717, 1.165) is 4.47 Å². The van der Waals surface area contributed by atoms with Gasteiger partial charge in [-0.25, -0.2) is 4.39 Å². The standard InChI is InChI=1S/C16H16BrFO2/c1-10(2)20-13-5-3-4-11(8-13)16(19)14-9-12(17)6-7-15(14)18/h3-10,16,19H,1-2H3. The zero-order valence-corrected chi connectivity index (χ0v) is 12.9. The van der Waals surface area contributed by atoms with Crippen LogP contribution < -0.4 is 4.74 Å². The van der Waals surface area contributed by atoms with E-state index in [2.05, 4.69) is 15.9 Å². The largest absolute Gasteiger partial charge is 0.491 e. The molecule has 2 aromatic carbocycles. The molecule has 0 fully saturated rings. The predicted molar refractivity (Wildman–Crippen MR) is 80.4 cm³/mol. The average molecular weight is 339 g/mol. The number of aliphatic hydroxyl groups is 1. The first-order valence-electron chi connectivity index (χ1n) is 6.37. The third-order valence-electron chi connectivity index (χ3n) is 2.80. The van der Waals surface area contributed by atoms with Crippen molar-refractivity contribution >= 4 is 15.9 Å². The highest BCUT2D eigenvalue weighted by Crippen LogP contribution is 2.29. The van der Waals surface area contributed by atoms with Crippen LogP contribution >= 0.6 is 15.9 Å². The molecule has 0 aliphatic carbocycles. The second-order valence-corrected chi connectivity index (χ2v) is 5.72. The van der Waals surface area contributed by atoms with Gasteiger partial charge in [0.25, 0.3) is 0 Å². The lowest BCUT2D eigenvalue weighted by molar-refractivity contribution is 0.211. The van der Waals surface area contributed by atoms with Crippen molar-refractivity contribution in [2.45, 2.75) is 26.1 Å². The summed E-state index contributed by atoms with van der Waals surface area (Å²) in [5.41, 5.74) is 0.834. The molecule has 0 radical (unpaired) electrons. The van der Waals surface area contributed by atoms with Crippen molar-refractivity contribution in [2.24, 2.45) is 0 Å². The molecule has 106 valence electrons. The van der Waals surface area contributed by atoms with E-state index in [1.165, 1.54) is 6.07 Å². The van der Waals surface area contributed by atoms with Crippen LogP contribution in [0.3, 0.4) is 0 Å². The van der Waals surface area contributed by atoms with Gasteiger partial charge in [0.2, 0.25) is 0 Å². The number of halogens is 2. The fourth-order valence-electron chi connectivity index (χ4n) is 1.93. The first-order chi connectivity index (χ1) is 9.47. The summed E-state index contributed by atoms with van der Waals surface area (Å²) >= 11 is 3.28. The van der Waals surface area contributed by atoms with Gasteiger partial charge >= 0.3 is 0 Å². The summed E-state index contributed by atoms with van der Waals surface area (Å²) in [6, 6.07) is 11.6. The topological polar surface area (TPSA) is 29.5 Å². The van der Waals surface area contributed by atoms with Crippen molar-refractivity contribution < 1.29 is 14.2 Å². The molecule has 0 spiro atoms. The lowest BCUT2D eigenvalue weighted by Crippen LogP contribution is -2.07. The lowest BCUT2D eigenvalue weighted by atomic mass is 10.0. The summed E-state index contributed by atoms with van der Waals surface area (Å²) in [6.07, 6.45) is -0.979. The molecule has 0 amide bonds. The maximum absolute atomic E-state index is 13.8. The van der Waals surface area contributed by atoms with Gasteiger partial charge in [0.15, 0.2) is 0 Å². The summed E-state index contributed by atoms with van der Waals surface area (Å²) < 4.78 is 20.1. The Morgan fingerprint density at radius 3 is 2.60 bits per heavy atom. The van der Waals surface area contributed by atoms with Crippen molar-refractivity contribution in [1.29, 1.82) is 0 Å². The zero-order valence-electron chi connectivity index (χ0n) is 11.3. The Labute approximate surface area is 126 Å². The lowest BCUT2D eigenvalue weighted by Gasteiger charge is -2.15. The van der Waals surface area contributed by atoms with Gasteiger partial charge in [-0.05, 0) is 49.7 Å². The van der Waals surface area contributed by atoms with Crippen molar-refractivity contribution in [3.63, 3.8) is 0 Å². The van der Waals surface area contributed by atoms with Gasteiger partial charge in [0.05, 0.1) is 6.10 Å². The van der Waals surface area contributed by atoms with E-state index in [1.807, 2.05) is 19.9 Å². The molecular formula is C16H16BrFO2. The second kappa shape index (κ2) is 6.37. The molecule has 0 aromatic heterocycles. The van der Waals surface area contributed by atoms with E-state index in [0.29, 0.717) is 11.3 Å². The van der Waals surface area contributed by atoms with Crippen LogP contribution in [0.5, 0.6) is 5.75 Å². The Hall–Kier alpha value is -1.39. The van der Waals surface area contributed by atoms with E-state index < -0.39 is 11.9 Å². The molecule has 4 heteroatoms. The first kappa shape index (κ1) is 15.0. The number of ether oxygens (including phenoxy) is 1. The van der Waals surface area contributed by atoms with Gasteiger partial charge in [0.1, 0.15) is 17.7 Å². The number of hydrogen-bond donors (Lipinski definition) is 1. The second-order valence-electron chi connectivity index (χ2n) is 4.81. The summed E-state index contributed by atoms with van der Waals surface area (Å²) in [7, 11) is 0. The highest BCUT2D eigenvalue weighted by molar-refractivity contribution is 9.10. The molecule has 0 heterocycles. The third kappa shape index (κ3) is 3.58. The first-order valence-corrected chi connectivity index (χ1v) is 7.16. The fourth-order valence-corrected chi connectivity index (χ4v) is 2.31. The van der Waals surface area contributed by atoms with Crippen LogP contribution in [0.4, 0.5) is 4.39 Å². The van der Waals surface area contributed by atoms with E-state index in [9.17, 15) is 9.50 Å². The normalized spacial score (nSPS) is 12.5. The predicted octanol–water partition coefficient (Wildman–Crippen LogP) is 4.46. The minimum Gasteiger partial charge on any atom is -0.491 e. The molecular weight excluding hydrogens is 323 g/mol. The minimum absolute atomic E-state index is 0.0463. The van der Waals surface area contributed by atoms with Crippen LogP contribution in [-0.4, -0.2) is 11.2 Å². The van der Waals surface area contributed by atoms with E-state index >= 15 is 0 Å². The van der Waals surface area contributed by atoms with E-state index in [-0.39, 0.29) is 11.7 Å². The molecule has 0 saturated carbocycles. The van der Waals surface area contributed by atoms with Crippen LogP contribution in [0.25, 0.3) is 0 Å². The Balaban J connectivity index is 2.33. The molecule has 0 saturated heterocycles. The van der Waals surface area contributed by atoms with Gasteiger partial charge in [0, 0.05) is 10.0 Å². The van der Waals surface area contributed by atoms with Crippen LogP contribution in [0.15, 0.2) is 46.9 Å². The van der Waals surface area contributed by atoms with Crippen molar-refractivity contribution in [1.82, 2.24) is 0 Å². The minimum atomic E-state index is -1.02. The highest BCUT2D eigenvalue weighted by Gasteiger charge is 2.16. The zero-order chi connectivity index (χ0) is 14.7. The van der Waals surface area contributed by atoms with Crippen LogP contribution in [0.2, 0.25) is 0 Å². The van der Waals surface area contributed by atoms with Crippen LogP contribution in [0, 0.1) is 5.82 Å². The molecule has 0 aliphatic heterocycles. The molecule has 0 bridgehead atoms. The highest BCUT2D eigenvalue weighted by atomic mass is 79.9. The van der Waals surface area contributed by atoms with Crippen LogP contribution in [0.1, 0.15) is 31.1 Å². The van der Waals surface area contributed by atoms with Gasteiger partial charge in [-0.2, -0.15) is 0 Å². The molecule has 2 aromatic rings. The molecule has 2 rings (SSSR count). The average Bonchev–Trinajstić information content (AvgIpc) is 2.40. The third-order valence-corrected chi connectivity index (χ3v) is 3.29. The van der Waals surface area contributed by atoms with E-state index in [4.69, 9.17) is 4.74 Å². The summed E-state index contributed by atoms with van der Waals surface area (Å²) in [5, 5.41) is 10.3. The molecule has 1 unspecified atom stereocenters. The van der Waals surface area contributed by atoms with E-state index in [1.54, 1.807) is 30.3 Å². The SMILES string of the molecule is CC(C)Oc1cccc(C(O)c2cc(Br)ccc2F)c1. The molecule has 0 aliphatic rings. The molecule has 2 nitrogen and oxygen atoms in total.